The molecule has 0 bridgehead atoms. The van der Waals surface area contributed by atoms with Crippen LogP contribution in [0.4, 0.5) is 22.7 Å². The number of anilines is 4. The Morgan fingerprint density at radius 1 is 0.500 bits per heavy atom. The molecule has 0 fully saturated rings. The molecular weight excluding hydrogens is 701 g/mol. The van der Waals surface area contributed by atoms with Gasteiger partial charge >= 0.3 is 0 Å². The second kappa shape index (κ2) is 13.5. The lowest BCUT2D eigenvalue weighted by Crippen LogP contribution is -2.35. The van der Waals surface area contributed by atoms with Gasteiger partial charge in [0.1, 0.15) is 0 Å². The van der Waals surface area contributed by atoms with Gasteiger partial charge in [-0.05, 0) is 136 Å². The highest BCUT2D eigenvalue weighted by Crippen LogP contribution is 2.54. The molecule has 3 aliphatic carbocycles. The second-order valence-electron chi connectivity index (χ2n) is 17.7. The Labute approximate surface area is 341 Å². The molecule has 0 amide bonds. The van der Waals surface area contributed by atoms with Gasteiger partial charge in [-0.2, -0.15) is 0 Å². The van der Waals surface area contributed by atoms with E-state index in [1.807, 2.05) is 0 Å². The zero-order valence-corrected chi connectivity index (χ0v) is 34.1. The van der Waals surface area contributed by atoms with E-state index in [4.69, 9.17) is 0 Å². The van der Waals surface area contributed by atoms with Crippen molar-refractivity contribution in [2.45, 2.75) is 77.6 Å². The molecule has 0 aromatic heterocycles. The van der Waals surface area contributed by atoms with Crippen LogP contribution < -0.4 is 30.7 Å². The van der Waals surface area contributed by atoms with Crippen molar-refractivity contribution in [3.05, 3.63) is 177 Å². The number of fused-ring (bicyclic) bond motifs is 2. The summed E-state index contributed by atoms with van der Waals surface area (Å²) in [5.41, 5.74) is 12.2. The molecule has 2 heteroatoms. The Kier molecular flexibility index (Phi) is 8.16. The highest BCUT2D eigenvalue weighted by Gasteiger charge is 2.34. The van der Waals surface area contributed by atoms with E-state index in [0.29, 0.717) is 5.92 Å². The Hall–Kier alpha value is -6.12. The van der Waals surface area contributed by atoms with E-state index in [0.717, 1.165) is 38.5 Å². The summed E-state index contributed by atoms with van der Waals surface area (Å²) in [4.78, 5) is 5.26. The Balaban J connectivity index is 1.32. The molecule has 0 heterocycles. The van der Waals surface area contributed by atoms with Crippen molar-refractivity contribution < 1.29 is 0 Å². The number of benzene rings is 8. The van der Waals surface area contributed by atoms with E-state index < -0.39 is 0 Å². The maximum absolute atomic E-state index is 2.63. The molecule has 0 saturated heterocycles. The fourth-order valence-corrected chi connectivity index (χ4v) is 10.7. The SMILES string of the molecule is CC(C)c1cc(N(C2=c3ccccc3=CCC2)c2ccccc2)c2cc3c4c(cc(N(C5=c6ccccc6=CCC5)c5ccccc5)c5ccc1c2c54)CCC3(C)C. The molecule has 0 saturated carbocycles. The summed E-state index contributed by atoms with van der Waals surface area (Å²) in [5.74, 6) is 0.340. The number of hydrogen-bond donors (Lipinski definition) is 0. The second-order valence-corrected chi connectivity index (χ2v) is 17.7. The summed E-state index contributed by atoms with van der Waals surface area (Å²) in [5, 5.41) is 13.7. The van der Waals surface area contributed by atoms with Gasteiger partial charge in [-0.1, -0.05) is 137 Å². The normalized spacial score (nSPS) is 15.7. The summed E-state index contributed by atoms with van der Waals surface area (Å²) in [6.07, 6.45) is 11.0. The Morgan fingerprint density at radius 2 is 1.03 bits per heavy atom. The van der Waals surface area contributed by atoms with E-state index >= 15 is 0 Å². The Morgan fingerprint density at radius 3 is 1.62 bits per heavy atom. The first-order chi connectivity index (χ1) is 28.4. The first-order valence-electron chi connectivity index (χ1n) is 21.5. The molecule has 0 N–H and O–H groups in total. The smallest absolute Gasteiger partial charge is 0.0540 e. The lowest BCUT2D eigenvalue weighted by atomic mass is 9.70. The number of rotatable bonds is 7. The van der Waals surface area contributed by atoms with Gasteiger partial charge in [0.15, 0.2) is 0 Å². The van der Waals surface area contributed by atoms with Crippen LogP contribution in [0, 0.1) is 0 Å². The maximum atomic E-state index is 2.63. The molecular formula is C56H50N2. The third kappa shape index (κ3) is 5.38. The van der Waals surface area contributed by atoms with E-state index in [1.165, 1.54) is 104 Å². The van der Waals surface area contributed by atoms with Gasteiger partial charge in [0.2, 0.25) is 0 Å². The van der Waals surface area contributed by atoms with Gasteiger partial charge in [-0.3, -0.25) is 0 Å². The standard InChI is InChI=1S/C56H50N2/c1-36(2)46-35-52(58(41-23-9-6-10-24-41)50-28-16-20-38-18-12-14-26-43(38)50)47-34-48-53-39(31-32-56(48,3)4)33-51(45-30-29-44(46)54(47)55(45)53)57(40-21-7-5-8-22-40)49-27-15-19-37-17-11-13-25-42(37)49/h5-14,17-26,29-30,33-36H,15-16,27-28,31-32H2,1-4H3. The third-order valence-electron chi connectivity index (χ3n) is 13.5. The van der Waals surface area contributed by atoms with Gasteiger partial charge in [0, 0.05) is 49.4 Å². The molecule has 58 heavy (non-hydrogen) atoms. The van der Waals surface area contributed by atoms with E-state index in [-0.39, 0.29) is 5.41 Å². The highest BCUT2D eigenvalue weighted by atomic mass is 15.2. The van der Waals surface area contributed by atoms with Crippen LogP contribution in [0.1, 0.15) is 82.4 Å². The summed E-state index contributed by atoms with van der Waals surface area (Å²) in [6.45, 7) is 9.71. The van der Waals surface area contributed by atoms with Gasteiger partial charge < -0.3 is 9.80 Å². The minimum Gasteiger partial charge on any atom is -0.313 e. The van der Waals surface area contributed by atoms with Gasteiger partial charge in [-0.15, -0.1) is 0 Å². The van der Waals surface area contributed by atoms with Crippen LogP contribution in [-0.4, -0.2) is 0 Å². The summed E-state index contributed by atoms with van der Waals surface area (Å²) < 4.78 is 0. The molecule has 3 aliphatic rings. The van der Waals surface area contributed by atoms with Crippen molar-refractivity contribution in [1.29, 1.82) is 0 Å². The van der Waals surface area contributed by atoms with Crippen LogP contribution in [0.3, 0.4) is 0 Å². The topological polar surface area (TPSA) is 6.48 Å². The lowest BCUT2D eigenvalue weighted by molar-refractivity contribution is 0.475. The molecule has 0 atom stereocenters. The largest absolute Gasteiger partial charge is 0.313 e. The molecule has 284 valence electrons. The van der Waals surface area contributed by atoms with Crippen LogP contribution in [0.5, 0.6) is 0 Å². The molecule has 8 aromatic carbocycles. The summed E-state index contributed by atoms with van der Waals surface area (Å²) >= 11 is 0. The fourth-order valence-electron chi connectivity index (χ4n) is 10.7. The zero-order chi connectivity index (χ0) is 39.1. The van der Waals surface area contributed by atoms with Gasteiger partial charge in [0.05, 0.1) is 11.4 Å². The first-order valence-corrected chi connectivity index (χ1v) is 21.5. The van der Waals surface area contributed by atoms with E-state index in [1.54, 1.807) is 0 Å². The average molecular weight is 751 g/mol. The summed E-state index contributed by atoms with van der Waals surface area (Å²) in [7, 11) is 0. The number of hydrogen-bond acceptors (Lipinski definition) is 2. The molecule has 0 spiro atoms. The van der Waals surface area contributed by atoms with Crippen molar-refractivity contribution in [3.63, 3.8) is 0 Å². The van der Waals surface area contributed by atoms with Crippen LogP contribution in [0.2, 0.25) is 0 Å². The number of para-hydroxylation sites is 2. The van der Waals surface area contributed by atoms with Crippen LogP contribution >= 0.6 is 0 Å². The van der Waals surface area contributed by atoms with Gasteiger partial charge in [-0.25, -0.2) is 0 Å². The zero-order valence-electron chi connectivity index (χ0n) is 34.1. The fraction of sp³-hybridized carbons (Fsp3) is 0.214. The van der Waals surface area contributed by atoms with Crippen molar-refractivity contribution in [2.75, 3.05) is 9.80 Å². The highest BCUT2D eigenvalue weighted by molar-refractivity contribution is 6.30. The van der Waals surface area contributed by atoms with Crippen LogP contribution in [0.15, 0.2) is 140 Å². The van der Waals surface area contributed by atoms with Crippen molar-refractivity contribution >= 4 is 78.6 Å². The number of nitrogens with zero attached hydrogens (tertiary/aromatic N) is 2. The third-order valence-corrected chi connectivity index (χ3v) is 13.5. The van der Waals surface area contributed by atoms with Crippen molar-refractivity contribution in [2.24, 2.45) is 0 Å². The summed E-state index contributed by atoms with van der Waals surface area (Å²) in [6, 6.07) is 53.0. The molecule has 0 unspecified atom stereocenters. The van der Waals surface area contributed by atoms with Crippen LogP contribution in [-0.2, 0) is 11.8 Å². The predicted molar refractivity (Wildman–Crippen MR) is 248 cm³/mol. The Bertz CT molecular complexity index is 3170. The molecule has 8 aromatic rings. The molecule has 0 aliphatic heterocycles. The van der Waals surface area contributed by atoms with E-state index in [9.17, 15) is 0 Å². The van der Waals surface area contributed by atoms with E-state index in [2.05, 4.69) is 189 Å². The molecule has 0 radical (unpaired) electrons. The van der Waals surface area contributed by atoms with Gasteiger partial charge in [0.25, 0.3) is 0 Å². The van der Waals surface area contributed by atoms with Crippen molar-refractivity contribution in [1.82, 2.24) is 0 Å². The van der Waals surface area contributed by atoms with Crippen molar-refractivity contribution in [3.8, 4) is 0 Å². The maximum Gasteiger partial charge on any atom is 0.0540 e. The molecule has 2 nitrogen and oxygen atoms in total. The quantitative estimate of drug-likeness (QED) is 0.150. The minimum atomic E-state index is 0.0262. The average Bonchev–Trinajstić information content (AvgIpc) is 3.26. The monoisotopic (exact) mass is 750 g/mol. The first kappa shape index (κ1) is 35.1. The number of aryl methyl sites for hydroxylation is 1. The minimum absolute atomic E-state index is 0.0262. The lowest BCUT2D eigenvalue weighted by Gasteiger charge is -2.38. The molecule has 11 rings (SSSR count). The predicted octanol–water partition coefficient (Wildman–Crippen LogP) is 12.0. The van der Waals surface area contributed by atoms with Crippen LogP contribution in [0.25, 0.3) is 55.9 Å².